The molecule has 8 nitrogen and oxygen atoms in total. The standard InChI is InChI=1S/C23H24ClN3O5/c1-2-6-16-13-20(28)27(26-16)17-9-5-8-15(11-17)22(30)25-19(21(29)23(31)32)12-14-7-3-4-10-18(14)24/h3-5,7-11,19,21,29H,2,6,12-13H2,1H3,(H,25,30)(H,31,32)/t19-,21-/m1/s1. The fraction of sp³-hybridized carbons (Fsp3) is 0.304. The summed E-state index contributed by atoms with van der Waals surface area (Å²) in [4.78, 5) is 36.6. The summed E-state index contributed by atoms with van der Waals surface area (Å²) in [5.74, 6) is -2.23. The predicted molar refractivity (Wildman–Crippen MR) is 121 cm³/mol. The molecule has 0 saturated carbocycles. The van der Waals surface area contributed by atoms with Gasteiger partial charge < -0.3 is 15.5 Å². The lowest BCUT2D eigenvalue weighted by Gasteiger charge is -2.22. The van der Waals surface area contributed by atoms with Crippen LogP contribution in [-0.2, 0) is 16.0 Å². The Balaban J connectivity index is 1.81. The maximum Gasteiger partial charge on any atom is 0.334 e. The maximum atomic E-state index is 12.9. The molecule has 0 aliphatic carbocycles. The monoisotopic (exact) mass is 457 g/mol. The van der Waals surface area contributed by atoms with E-state index in [0.717, 1.165) is 18.6 Å². The molecule has 2 aromatic carbocycles. The highest BCUT2D eigenvalue weighted by Crippen LogP contribution is 2.23. The van der Waals surface area contributed by atoms with Gasteiger partial charge in [0.05, 0.1) is 18.2 Å². The van der Waals surface area contributed by atoms with Crippen LogP contribution in [0.15, 0.2) is 53.6 Å². The van der Waals surface area contributed by atoms with E-state index in [1.807, 2.05) is 6.92 Å². The number of carboxylic acid groups (broad SMARTS) is 1. The summed E-state index contributed by atoms with van der Waals surface area (Å²) in [6, 6.07) is 12.0. The zero-order chi connectivity index (χ0) is 23.3. The average molecular weight is 458 g/mol. The Morgan fingerprint density at radius 3 is 2.66 bits per heavy atom. The third kappa shape index (κ3) is 5.52. The number of aliphatic carboxylic acids is 1. The van der Waals surface area contributed by atoms with Crippen LogP contribution in [0.25, 0.3) is 0 Å². The quantitative estimate of drug-likeness (QED) is 0.534. The molecule has 3 rings (SSSR count). The first-order valence-corrected chi connectivity index (χ1v) is 10.6. The van der Waals surface area contributed by atoms with Crippen molar-refractivity contribution in [1.29, 1.82) is 0 Å². The van der Waals surface area contributed by atoms with Crippen LogP contribution in [0, 0.1) is 0 Å². The summed E-state index contributed by atoms with van der Waals surface area (Å²) in [5, 5.41) is 28.0. The van der Waals surface area contributed by atoms with Gasteiger partial charge in [0.1, 0.15) is 0 Å². The van der Waals surface area contributed by atoms with E-state index in [1.54, 1.807) is 36.4 Å². The van der Waals surface area contributed by atoms with Crippen molar-refractivity contribution in [3.05, 3.63) is 64.7 Å². The number of rotatable bonds is 9. The molecule has 2 atom stereocenters. The van der Waals surface area contributed by atoms with Gasteiger partial charge in [0.15, 0.2) is 6.10 Å². The van der Waals surface area contributed by atoms with E-state index in [4.69, 9.17) is 11.6 Å². The summed E-state index contributed by atoms with van der Waals surface area (Å²) >= 11 is 6.16. The molecule has 1 heterocycles. The van der Waals surface area contributed by atoms with Crippen LogP contribution in [0.4, 0.5) is 5.69 Å². The second kappa shape index (κ2) is 10.4. The highest BCUT2D eigenvalue weighted by atomic mass is 35.5. The van der Waals surface area contributed by atoms with E-state index in [9.17, 15) is 24.6 Å². The molecular formula is C23H24ClN3O5. The van der Waals surface area contributed by atoms with Crippen molar-refractivity contribution in [2.75, 3.05) is 5.01 Å². The first kappa shape index (κ1) is 23.4. The number of carbonyl (C=O) groups is 3. The lowest BCUT2D eigenvalue weighted by atomic mass is 10.0. The van der Waals surface area contributed by atoms with Crippen molar-refractivity contribution in [2.45, 2.75) is 44.8 Å². The summed E-state index contributed by atoms with van der Waals surface area (Å²) in [7, 11) is 0. The van der Waals surface area contributed by atoms with Gasteiger partial charge in [-0.1, -0.05) is 49.2 Å². The number of nitrogens with one attached hydrogen (secondary N) is 1. The smallest absolute Gasteiger partial charge is 0.334 e. The average Bonchev–Trinajstić information content (AvgIpc) is 3.14. The highest BCUT2D eigenvalue weighted by Gasteiger charge is 2.29. The van der Waals surface area contributed by atoms with Crippen molar-refractivity contribution in [3.63, 3.8) is 0 Å². The second-order valence-corrected chi connectivity index (χ2v) is 7.91. The van der Waals surface area contributed by atoms with Crippen molar-refractivity contribution in [2.24, 2.45) is 5.10 Å². The van der Waals surface area contributed by atoms with Crippen LogP contribution < -0.4 is 10.3 Å². The highest BCUT2D eigenvalue weighted by molar-refractivity contribution is 6.31. The third-order valence-electron chi connectivity index (χ3n) is 5.07. The van der Waals surface area contributed by atoms with Gasteiger partial charge in [-0.15, -0.1) is 0 Å². The molecule has 0 fully saturated rings. The van der Waals surface area contributed by atoms with Crippen molar-refractivity contribution >= 4 is 40.8 Å². The number of benzene rings is 2. The topological polar surface area (TPSA) is 119 Å². The Bertz CT molecular complexity index is 1060. The van der Waals surface area contributed by atoms with Crippen LogP contribution in [0.1, 0.15) is 42.1 Å². The van der Waals surface area contributed by atoms with E-state index >= 15 is 0 Å². The first-order valence-electron chi connectivity index (χ1n) is 10.2. The van der Waals surface area contributed by atoms with Crippen molar-refractivity contribution in [3.8, 4) is 0 Å². The number of carbonyl (C=O) groups excluding carboxylic acids is 2. The van der Waals surface area contributed by atoms with Crippen LogP contribution in [0.5, 0.6) is 0 Å². The van der Waals surface area contributed by atoms with Gasteiger partial charge in [-0.25, -0.2) is 9.80 Å². The lowest BCUT2D eigenvalue weighted by Crippen LogP contribution is -2.48. The van der Waals surface area contributed by atoms with Crippen LogP contribution in [-0.4, -0.2) is 45.9 Å². The molecule has 1 aliphatic rings. The Morgan fingerprint density at radius 1 is 1.22 bits per heavy atom. The minimum absolute atomic E-state index is 0.0217. The summed E-state index contributed by atoms with van der Waals surface area (Å²) in [5.41, 5.74) is 2.03. The molecular weight excluding hydrogens is 434 g/mol. The molecule has 1 aliphatic heterocycles. The van der Waals surface area contributed by atoms with Gasteiger partial charge in [-0.2, -0.15) is 5.10 Å². The zero-order valence-corrected chi connectivity index (χ0v) is 18.2. The van der Waals surface area contributed by atoms with Gasteiger partial charge in [-0.05, 0) is 42.7 Å². The zero-order valence-electron chi connectivity index (χ0n) is 17.5. The van der Waals surface area contributed by atoms with Gasteiger partial charge in [0.2, 0.25) is 0 Å². The molecule has 9 heteroatoms. The van der Waals surface area contributed by atoms with E-state index in [1.165, 1.54) is 17.1 Å². The SMILES string of the molecule is CCCC1=NN(c2cccc(C(=O)N[C@H](Cc3ccccc3Cl)[C@@H](O)C(=O)O)c2)C(=O)C1. The molecule has 168 valence electrons. The Hall–Kier alpha value is -3.23. The largest absolute Gasteiger partial charge is 0.479 e. The number of amides is 2. The molecule has 0 bridgehead atoms. The minimum Gasteiger partial charge on any atom is -0.479 e. The number of hydrazone groups is 1. The molecule has 2 amide bonds. The van der Waals surface area contributed by atoms with Gasteiger partial charge in [0, 0.05) is 16.3 Å². The Labute approximate surface area is 190 Å². The minimum atomic E-state index is -1.83. The fourth-order valence-electron chi connectivity index (χ4n) is 3.46. The molecule has 0 saturated heterocycles. The number of halogens is 1. The Morgan fingerprint density at radius 2 is 1.97 bits per heavy atom. The first-order chi connectivity index (χ1) is 15.3. The summed E-state index contributed by atoms with van der Waals surface area (Å²) < 4.78 is 0. The Kier molecular flexibility index (Phi) is 7.61. The van der Waals surface area contributed by atoms with E-state index in [0.29, 0.717) is 16.3 Å². The number of hydrogen-bond acceptors (Lipinski definition) is 5. The molecule has 0 spiro atoms. The van der Waals surface area contributed by atoms with E-state index < -0.39 is 24.0 Å². The van der Waals surface area contributed by atoms with Crippen molar-refractivity contribution in [1.82, 2.24) is 5.32 Å². The number of nitrogens with zero attached hydrogens (tertiary/aromatic N) is 2. The molecule has 0 unspecified atom stereocenters. The number of carboxylic acids is 1. The van der Waals surface area contributed by atoms with Crippen LogP contribution in [0.3, 0.4) is 0 Å². The van der Waals surface area contributed by atoms with Crippen molar-refractivity contribution < 1.29 is 24.6 Å². The normalized spacial score (nSPS) is 15.3. The summed E-state index contributed by atoms with van der Waals surface area (Å²) in [6.45, 7) is 2.01. The lowest BCUT2D eigenvalue weighted by molar-refractivity contribution is -0.148. The third-order valence-corrected chi connectivity index (χ3v) is 5.44. The number of hydrogen-bond donors (Lipinski definition) is 3. The van der Waals surface area contributed by atoms with Crippen LogP contribution in [0.2, 0.25) is 5.02 Å². The number of aliphatic hydroxyl groups is 1. The predicted octanol–water partition coefficient (Wildman–Crippen LogP) is 3.02. The van der Waals surface area contributed by atoms with E-state index in [2.05, 4.69) is 10.4 Å². The van der Waals surface area contributed by atoms with Gasteiger partial charge in [-0.3, -0.25) is 9.59 Å². The number of aliphatic hydroxyl groups excluding tert-OH is 1. The van der Waals surface area contributed by atoms with Crippen LogP contribution >= 0.6 is 11.6 Å². The second-order valence-electron chi connectivity index (χ2n) is 7.51. The molecule has 0 radical (unpaired) electrons. The maximum absolute atomic E-state index is 12.9. The molecule has 32 heavy (non-hydrogen) atoms. The van der Waals surface area contributed by atoms with Gasteiger partial charge in [0.25, 0.3) is 11.8 Å². The van der Waals surface area contributed by atoms with Gasteiger partial charge >= 0.3 is 5.97 Å². The summed E-state index contributed by atoms with van der Waals surface area (Å²) in [6.07, 6.45) is 0.0307. The fourth-order valence-corrected chi connectivity index (χ4v) is 3.67. The molecule has 3 N–H and O–H groups in total. The van der Waals surface area contributed by atoms with E-state index in [-0.39, 0.29) is 24.3 Å². The molecule has 2 aromatic rings. The number of anilines is 1. The molecule has 0 aromatic heterocycles.